The van der Waals surface area contributed by atoms with Gasteiger partial charge in [0.15, 0.2) is 16.7 Å². The average molecular weight is 423 g/mol. The second-order valence-electron chi connectivity index (χ2n) is 4.79. The molecule has 3 nitrogen and oxygen atoms in total. The molecule has 0 saturated carbocycles. The molecule has 0 saturated heterocycles. The number of aromatic hydroxyl groups is 1. The van der Waals surface area contributed by atoms with E-state index in [-0.39, 0.29) is 17.3 Å². The van der Waals surface area contributed by atoms with Crippen molar-refractivity contribution in [2.45, 2.75) is 12.7 Å². The number of benzene rings is 2. The van der Waals surface area contributed by atoms with Gasteiger partial charge < -0.3 is 15.7 Å². The fourth-order valence-corrected chi connectivity index (χ4v) is 2.43. The minimum atomic E-state index is -4.38. The summed E-state index contributed by atoms with van der Waals surface area (Å²) in [7, 11) is 0. The van der Waals surface area contributed by atoms with Gasteiger partial charge in [0.1, 0.15) is 0 Å². The molecule has 0 unspecified atom stereocenters. The monoisotopic (exact) mass is 422 g/mol. The molecule has 3 N–H and O–H groups in total. The molecular formula is C15H11BrF4N2OS. The second kappa shape index (κ2) is 7.35. The highest BCUT2D eigenvalue weighted by Crippen LogP contribution is 2.31. The zero-order valence-corrected chi connectivity index (χ0v) is 14.3. The maximum Gasteiger partial charge on any atom is 0.416 e. The molecule has 0 amide bonds. The van der Waals surface area contributed by atoms with Crippen molar-refractivity contribution >= 4 is 38.9 Å². The van der Waals surface area contributed by atoms with E-state index in [4.69, 9.17) is 12.2 Å². The number of alkyl halides is 3. The number of phenols is 1. The van der Waals surface area contributed by atoms with Gasteiger partial charge in [0.25, 0.3) is 0 Å². The molecule has 128 valence electrons. The van der Waals surface area contributed by atoms with Crippen molar-refractivity contribution in [3.8, 4) is 5.75 Å². The molecule has 9 heteroatoms. The van der Waals surface area contributed by atoms with Crippen LogP contribution >= 0.6 is 28.1 Å². The van der Waals surface area contributed by atoms with Gasteiger partial charge in [0.2, 0.25) is 0 Å². The van der Waals surface area contributed by atoms with E-state index < -0.39 is 23.3 Å². The summed E-state index contributed by atoms with van der Waals surface area (Å²) in [5.41, 5.74) is -0.0925. The number of halogens is 5. The van der Waals surface area contributed by atoms with Gasteiger partial charge in [-0.25, -0.2) is 4.39 Å². The number of anilines is 1. The van der Waals surface area contributed by atoms with Crippen molar-refractivity contribution in [1.82, 2.24) is 5.32 Å². The number of hydrogen-bond acceptors (Lipinski definition) is 2. The van der Waals surface area contributed by atoms with Crippen molar-refractivity contribution in [3.63, 3.8) is 0 Å². The summed E-state index contributed by atoms with van der Waals surface area (Å²) in [6, 6.07) is 7.14. The first-order chi connectivity index (χ1) is 11.2. The SMILES string of the molecule is Oc1c(F)cc(Br)cc1NC(=S)NCc1ccc(C(F)(F)F)cc1. The zero-order valence-electron chi connectivity index (χ0n) is 11.9. The van der Waals surface area contributed by atoms with Crippen LogP contribution in [0.1, 0.15) is 11.1 Å². The summed E-state index contributed by atoms with van der Waals surface area (Å²) in [5, 5.41) is 15.1. The Morgan fingerprint density at radius 2 is 1.79 bits per heavy atom. The summed E-state index contributed by atoms with van der Waals surface area (Å²) in [6.45, 7) is 0.168. The summed E-state index contributed by atoms with van der Waals surface area (Å²) in [5.74, 6) is -1.41. The molecule has 0 bridgehead atoms. The van der Waals surface area contributed by atoms with Crippen LogP contribution in [0, 0.1) is 5.82 Å². The molecule has 0 atom stereocenters. The molecule has 2 aromatic carbocycles. The lowest BCUT2D eigenvalue weighted by atomic mass is 10.1. The zero-order chi connectivity index (χ0) is 17.9. The number of thiocarbonyl (C=S) groups is 1. The quantitative estimate of drug-likeness (QED) is 0.377. The van der Waals surface area contributed by atoms with Gasteiger partial charge in [-0.3, -0.25) is 0 Å². The van der Waals surface area contributed by atoms with Crippen molar-refractivity contribution in [1.29, 1.82) is 0 Å². The topological polar surface area (TPSA) is 44.3 Å². The Bertz CT molecular complexity index is 750. The normalized spacial score (nSPS) is 11.2. The van der Waals surface area contributed by atoms with Crippen LogP contribution in [0.4, 0.5) is 23.2 Å². The van der Waals surface area contributed by atoms with E-state index in [1.807, 2.05) is 0 Å². The maximum absolute atomic E-state index is 13.4. The van der Waals surface area contributed by atoms with Crippen molar-refractivity contribution in [2.75, 3.05) is 5.32 Å². The first-order valence-electron chi connectivity index (χ1n) is 6.56. The molecule has 0 fully saturated rings. The largest absolute Gasteiger partial charge is 0.503 e. The minimum absolute atomic E-state index is 0.0618. The molecule has 0 aliphatic rings. The van der Waals surface area contributed by atoms with Crippen molar-refractivity contribution in [3.05, 3.63) is 57.8 Å². The Balaban J connectivity index is 1.96. The molecular weight excluding hydrogens is 412 g/mol. The van der Waals surface area contributed by atoms with Gasteiger partial charge in [-0.15, -0.1) is 0 Å². The second-order valence-corrected chi connectivity index (χ2v) is 6.11. The van der Waals surface area contributed by atoms with Crippen LogP contribution in [0.5, 0.6) is 5.75 Å². The van der Waals surface area contributed by atoms with Gasteiger partial charge in [0.05, 0.1) is 11.3 Å². The highest BCUT2D eigenvalue weighted by atomic mass is 79.9. The molecule has 2 aromatic rings. The molecule has 24 heavy (non-hydrogen) atoms. The highest BCUT2D eigenvalue weighted by Gasteiger charge is 2.29. The molecule has 0 heterocycles. The third kappa shape index (κ3) is 4.81. The Morgan fingerprint density at radius 1 is 1.17 bits per heavy atom. The number of hydrogen-bond donors (Lipinski definition) is 3. The smallest absolute Gasteiger partial charge is 0.416 e. The van der Waals surface area contributed by atoms with Crippen LogP contribution in [0.25, 0.3) is 0 Å². The lowest BCUT2D eigenvalue weighted by molar-refractivity contribution is -0.137. The Kier molecular flexibility index (Phi) is 5.66. The molecule has 0 aromatic heterocycles. The standard InChI is InChI=1S/C15H11BrF4N2OS/c16-10-5-11(17)13(23)12(6-10)22-14(24)21-7-8-1-3-9(4-2-8)15(18,19)20/h1-6,23H,7H2,(H2,21,22,24). The van der Waals surface area contributed by atoms with Gasteiger partial charge in [-0.05, 0) is 42.0 Å². The lowest BCUT2D eigenvalue weighted by Crippen LogP contribution is -2.28. The number of nitrogens with one attached hydrogen (secondary N) is 2. The predicted octanol–water partition coefficient (Wildman–Crippen LogP) is 4.80. The number of phenolic OH excluding ortho intramolecular Hbond substituents is 1. The average Bonchev–Trinajstić information content (AvgIpc) is 2.49. The Hall–Kier alpha value is -1.87. The fourth-order valence-electron chi connectivity index (χ4n) is 1.82. The van der Waals surface area contributed by atoms with Crippen molar-refractivity contribution in [2.24, 2.45) is 0 Å². The molecule has 0 aliphatic carbocycles. The Labute approximate surface area is 148 Å². The first kappa shape index (κ1) is 18.5. The van der Waals surface area contributed by atoms with Gasteiger partial charge in [-0.2, -0.15) is 13.2 Å². The highest BCUT2D eigenvalue weighted by molar-refractivity contribution is 9.10. The van der Waals surface area contributed by atoms with Crippen LogP contribution in [0.2, 0.25) is 0 Å². The Morgan fingerprint density at radius 3 is 2.38 bits per heavy atom. The summed E-state index contributed by atoms with van der Waals surface area (Å²) in [4.78, 5) is 0. The van der Waals surface area contributed by atoms with Crippen LogP contribution < -0.4 is 10.6 Å². The van der Waals surface area contributed by atoms with Gasteiger partial charge >= 0.3 is 6.18 Å². The maximum atomic E-state index is 13.4. The van der Waals surface area contributed by atoms with E-state index in [0.717, 1.165) is 18.2 Å². The third-order valence-corrected chi connectivity index (χ3v) is 3.71. The van der Waals surface area contributed by atoms with Gasteiger partial charge in [-0.1, -0.05) is 28.1 Å². The van der Waals surface area contributed by atoms with E-state index in [1.54, 1.807) is 0 Å². The fraction of sp³-hybridized carbons (Fsp3) is 0.133. The van der Waals surface area contributed by atoms with E-state index in [9.17, 15) is 22.7 Å². The third-order valence-electron chi connectivity index (χ3n) is 3.01. The number of rotatable bonds is 3. The minimum Gasteiger partial charge on any atom is -0.503 e. The van der Waals surface area contributed by atoms with Gasteiger partial charge in [0, 0.05) is 11.0 Å². The summed E-state index contributed by atoms with van der Waals surface area (Å²) < 4.78 is 51.2. The van der Waals surface area contributed by atoms with Crippen LogP contribution in [0.15, 0.2) is 40.9 Å². The van der Waals surface area contributed by atoms with Crippen LogP contribution in [-0.4, -0.2) is 10.2 Å². The van der Waals surface area contributed by atoms with E-state index in [2.05, 4.69) is 26.6 Å². The molecule has 0 spiro atoms. The lowest BCUT2D eigenvalue weighted by Gasteiger charge is -2.13. The molecule has 0 aliphatic heterocycles. The van der Waals surface area contributed by atoms with E-state index >= 15 is 0 Å². The van der Waals surface area contributed by atoms with Crippen LogP contribution in [0.3, 0.4) is 0 Å². The predicted molar refractivity (Wildman–Crippen MR) is 90.3 cm³/mol. The first-order valence-corrected chi connectivity index (χ1v) is 7.76. The molecule has 0 radical (unpaired) electrons. The van der Waals surface area contributed by atoms with Crippen molar-refractivity contribution < 1.29 is 22.7 Å². The van der Waals surface area contributed by atoms with E-state index in [1.165, 1.54) is 18.2 Å². The summed E-state index contributed by atoms with van der Waals surface area (Å²) >= 11 is 8.10. The van der Waals surface area contributed by atoms with E-state index in [0.29, 0.717) is 10.0 Å². The van der Waals surface area contributed by atoms with Crippen LogP contribution in [-0.2, 0) is 12.7 Å². The molecule has 2 rings (SSSR count). The summed E-state index contributed by atoms with van der Waals surface area (Å²) in [6.07, 6.45) is -4.38.